The lowest BCUT2D eigenvalue weighted by atomic mass is 10.0. The standard InChI is InChI=1S/2C15H16ClF3N4O2/c16-8-2-3-9-10(6-8)11(7-12(24)22-14(20)21)23(13(9)25)5-1-4-15(17,18)19;16-8-2-3-9-10(6-8)13(25)23(5-1-4-15(17,18)19)11(9)7-12(24)22-14(20)21/h2*2-3,6,11H,1,4-5,7H2,(H4,20,21,22,24). The number of fused-ring (bicyclic) bond motifs is 2. The van der Waals surface area contributed by atoms with E-state index in [0.29, 0.717) is 26.7 Å². The van der Waals surface area contributed by atoms with E-state index in [-0.39, 0.29) is 44.3 Å². The summed E-state index contributed by atoms with van der Waals surface area (Å²) in [4.78, 5) is 58.0. The van der Waals surface area contributed by atoms with Crippen molar-refractivity contribution in [3.63, 3.8) is 0 Å². The number of rotatable bonds is 10. The lowest BCUT2D eigenvalue weighted by molar-refractivity contribution is -0.137. The van der Waals surface area contributed by atoms with Crippen LogP contribution >= 0.6 is 23.2 Å². The molecule has 4 amide bonds. The molecule has 272 valence electrons. The van der Waals surface area contributed by atoms with E-state index < -0.39 is 72.8 Å². The average Bonchev–Trinajstić information content (AvgIpc) is 3.36. The number of carbonyl (C=O) groups excluding carboxylic acids is 4. The molecule has 8 N–H and O–H groups in total. The second-order valence-corrected chi connectivity index (χ2v) is 12.1. The van der Waals surface area contributed by atoms with Crippen molar-refractivity contribution in [2.75, 3.05) is 13.1 Å². The van der Waals surface area contributed by atoms with Crippen molar-refractivity contribution in [2.24, 2.45) is 32.9 Å². The van der Waals surface area contributed by atoms with Gasteiger partial charge in [0.2, 0.25) is 0 Å². The lowest BCUT2D eigenvalue weighted by Crippen LogP contribution is -2.31. The van der Waals surface area contributed by atoms with Gasteiger partial charge in [-0.3, -0.25) is 19.2 Å². The van der Waals surface area contributed by atoms with Gasteiger partial charge < -0.3 is 32.7 Å². The summed E-state index contributed by atoms with van der Waals surface area (Å²) in [5, 5.41) is 0.668. The molecule has 0 fully saturated rings. The van der Waals surface area contributed by atoms with Gasteiger partial charge in [0.1, 0.15) is 0 Å². The Kier molecular flexibility index (Phi) is 13.1. The summed E-state index contributed by atoms with van der Waals surface area (Å²) in [7, 11) is 0. The number of nitrogens with zero attached hydrogens (tertiary/aromatic N) is 4. The van der Waals surface area contributed by atoms with Crippen LogP contribution in [0.5, 0.6) is 0 Å². The van der Waals surface area contributed by atoms with Crippen LogP contribution in [0.25, 0.3) is 0 Å². The van der Waals surface area contributed by atoms with E-state index in [9.17, 15) is 45.5 Å². The van der Waals surface area contributed by atoms with Gasteiger partial charge in [0.25, 0.3) is 23.6 Å². The monoisotopic (exact) mass is 752 g/mol. The molecule has 0 spiro atoms. The second kappa shape index (κ2) is 16.4. The first-order valence-corrected chi connectivity index (χ1v) is 15.5. The van der Waals surface area contributed by atoms with Crippen molar-refractivity contribution < 1.29 is 45.5 Å². The number of hydrogen-bond donors (Lipinski definition) is 4. The topological polar surface area (TPSA) is 204 Å². The minimum Gasteiger partial charge on any atom is -0.370 e. The first-order chi connectivity index (χ1) is 23.2. The molecule has 0 aromatic heterocycles. The number of aliphatic imine (C=N–C) groups is 2. The molecule has 2 aliphatic heterocycles. The molecule has 0 radical (unpaired) electrons. The third-order valence-corrected chi connectivity index (χ3v) is 7.91. The van der Waals surface area contributed by atoms with Gasteiger partial charge in [-0.1, -0.05) is 29.3 Å². The first kappa shape index (κ1) is 39.9. The Labute approximate surface area is 291 Å². The van der Waals surface area contributed by atoms with Crippen LogP contribution in [0.15, 0.2) is 46.4 Å². The Balaban J connectivity index is 0.000000270. The third-order valence-electron chi connectivity index (χ3n) is 7.44. The zero-order valence-corrected chi connectivity index (χ0v) is 27.5. The molecule has 12 nitrogen and oxygen atoms in total. The van der Waals surface area contributed by atoms with Crippen LogP contribution in [0.3, 0.4) is 0 Å². The van der Waals surface area contributed by atoms with Crippen LogP contribution in [0.1, 0.15) is 82.5 Å². The summed E-state index contributed by atoms with van der Waals surface area (Å²) in [5.41, 5.74) is 22.2. The van der Waals surface area contributed by atoms with E-state index in [1.807, 2.05) is 0 Å². The maximum Gasteiger partial charge on any atom is 0.389 e. The number of halogens is 8. The smallest absolute Gasteiger partial charge is 0.370 e. The maximum absolute atomic E-state index is 12.5. The zero-order chi connectivity index (χ0) is 37.6. The van der Waals surface area contributed by atoms with E-state index in [2.05, 4.69) is 9.98 Å². The normalized spacial score (nSPS) is 16.7. The molecule has 0 aliphatic carbocycles. The van der Waals surface area contributed by atoms with Crippen LogP contribution in [-0.2, 0) is 9.59 Å². The van der Waals surface area contributed by atoms with E-state index in [1.54, 1.807) is 12.1 Å². The van der Waals surface area contributed by atoms with Gasteiger partial charge in [0.05, 0.1) is 24.9 Å². The number of guanidine groups is 2. The fourth-order valence-corrected chi connectivity index (χ4v) is 5.85. The number of carbonyl (C=O) groups is 4. The predicted molar refractivity (Wildman–Crippen MR) is 172 cm³/mol. The van der Waals surface area contributed by atoms with Gasteiger partial charge in [0, 0.05) is 47.1 Å². The number of nitrogens with two attached hydrogens (primary N) is 4. The summed E-state index contributed by atoms with van der Waals surface area (Å²) < 4.78 is 74.2. The minimum atomic E-state index is -4.32. The molecule has 0 saturated heterocycles. The van der Waals surface area contributed by atoms with E-state index in [1.165, 1.54) is 34.1 Å². The Morgan fingerprint density at radius 3 is 1.54 bits per heavy atom. The Bertz CT molecular complexity index is 1660. The molecule has 2 heterocycles. The minimum absolute atomic E-state index is 0.148. The van der Waals surface area contributed by atoms with Crippen LogP contribution < -0.4 is 22.9 Å². The van der Waals surface area contributed by atoms with Gasteiger partial charge in [0.15, 0.2) is 11.9 Å². The summed E-state index contributed by atoms with van der Waals surface area (Å²) >= 11 is 11.8. The van der Waals surface area contributed by atoms with Crippen molar-refractivity contribution >= 4 is 58.7 Å². The van der Waals surface area contributed by atoms with Gasteiger partial charge in [-0.2, -0.15) is 36.3 Å². The molecule has 2 aliphatic rings. The van der Waals surface area contributed by atoms with Crippen LogP contribution in [-0.4, -0.2) is 70.8 Å². The summed E-state index contributed by atoms with van der Waals surface area (Å²) in [5.74, 6) is -3.11. The highest BCUT2D eigenvalue weighted by Crippen LogP contribution is 2.39. The average molecular weight is 754 g/mol. The molecule has 0 saturated carbocycles. The molecule has 50 heavy (non-hydrogen) atoms. The fourth-order valence-electron chi connectivity index (χ4n) is 5.50. The van der Waals surface area contributed by atoms with Crippen LogP contribution in [0.4, 0.5) is 26.3 Å². The van der Waals surface area contributed by atoms with E-state index in [0.717, 1.165) is 0 Å². The molecule has 4 rings (SSSR count). The summed E-state index contributed by atoms with van der Waals surface area (Å²) in [6, 6.07) is 7.58. The van der Waals surface area contributed by atoms with Crippen LogP contribution in [0, 0.1) is 0 Å². The fraction of sp³-hybridized carbons (Fsp3) is 0.400. The van der Waals surface area contributed by atoms with Crippen molar-refractivity contribution in [2.45, 2.75) is 63.0 Å². The zero-order valence-electron chi connectivity index (χ0n) is 26.0. The van der Waals surface area contributed by atoms with E-state index >= 15 is 0 Å². The molecule has 2 aromatic rings. The van der Waals surface area contributed by atoms with Crippen molar-refractivity contribution in [3.05, 3.63) is 68.7 Å². The predicted octanol–water partition coefficient (Wildman–Crippen LogP) is 4.74. The van der Waals surface area contributed by atoms with Crippen molar-refractivity contribution in [3.8, 4) is 0 Å². The highest BCUT2D eigenvalue weighted by atomic mass is 35.5. The quantitative estimate of drug-likeness (QED) is 0.151. The third kappa shape index (κ3) is 11.2. The largest absolute Gasteiger partial charge is 0.389 e. The number of amides is 4. The number of hydrogen-bond acceptors (Lipinski definition) is 4. The Hall–Kier alpha value is -4.58. The van der Waals surface area contributed by atoms with Gasteiger partial charge in [-0.05, 0) is 54.3 Å². The summed E-state index contributed by atoms with van der Waals surface area (Å²) in [6.07, 6.45) is -11.7. The second-order valence-electron chi connectivity index (χ2n) is 11.2. The molecule has 0 bridgehead atoms. The van der Waals surface area contributed by atoms with Gasteiger partial charge in [-0.25, -0.2) is 0 Å². The molecular weight excluding hydrogens is 721 g/mol. The van der Waals surface area contributed by atoms with Crippen molar-refractivity contribution in [1.29, 1.82) is 0 Å². The number of alkyl halides is 6. The number of benzene rings is 2. The molecular formula is C30H32Cl2F6N8O4. The molecule has 20 heteroatoms. The van der Waals surface area contributed by atoms with Crippen LogP contribution in [0.2, 0.25) is 10.0 Å². The first-order valence-electron chi connectivity index (χ1n) is 14.8. The SMILES string of the molecule is NC(N)=NC(=O)CC1c2cc(Cl)ccc2C(=O)N1CCCC(F)(F)F.NC(N)=NC(=O)CC1c2ccc(Cl)cc2C(=O)N1CCCC(F)(F)F. The highest BCUT2D eigenvalue weighted by Gasteiger charge is 2.40. The highest BCUT2D eigenvalue weighted by molar-refractivity contribution is 6.31. The maximum atomic E-state index is 12.5. The lowest BCUT2D eigenvalue weighted by Gasteiger charge is -2.24. The molecule has 2 unspecified atom stereocenters. The Morgan fingerprint density at radius 1 is 0.660 bits per heavy atom. The van der Waals surface area contributed by atoms with Gasteiger partial charge in [-0.15, -0.1) is 0 Å². The van der Waals surface area contributed by atoms with Gasteiger partial charge >= 0.3 is 12.4 Å². The van der Waals surface area contributed by atoms with Crippen molar-refractivity contribution in [1.82, 2.24) is 9.80 Å². The molecule has 2 aromatic carbocycles. The van der Waals surface area contributed by atoms with E-state index in [4.69, 9.17) is 46.1 Å². The summed E-state index contributed by atoms with van der Waals surface area (Å²) in [6.45, 7) is -0.297. The molecule has 2 atom stereocenters. The Morgan fingerprint density at radius 2 is 1.08 bits per heavy atom.